The van der Waals surface area contributed by atoms with E-state index < -0.39 is 17.1 Å². The lowest BCUT2D eigenvalue weighted by molar-refractivity contribution is 0.165. The first kappa shape index (κ1) is 29.8. The molecule has 0 saturated heterocycles. The van der Waals surface area contributed by atoms with Crippen molar-refractivity contribution in [3.8, 4) is 0 Å². The second-order valence-electron chi connectivity index (χ2n) is 7.97. The molecular formula is C24H50O4Si2. The molecule has 0 aliphatic carbocycles. The van der Waals surface area contributed by atoms with Gasteiger partial charge < -0.3 is 17.7 Å². The smallest absolute Gasteiger partial charge is 0.342 e. The highest BCUT2D eigenvalue weighted by Crippen LogP contribution is 2.28. The molecule has 0 rings (SSSR count). The van der Waals surface area contributed by atoms with Crippen molar-refractivity contribution in [3.05, 3.63) is 24.3 Å². The van der Waals surface area contributed by atoms with E-state index in [-0.39, 0.29) is 0 Å². The second-order valence-corrected chi connectivity index (χ2v) is 14.6. The zero-order valence-electron chi connectivity index (χ0n) is 20.8. The summed E-state index contributed by atoms with van der Waals surface area (Å²) in [6.07, 6.45) is 15.1. The number of hydrogen-bond acceptors (Lipinski definition) is 4. The molecule has 30 heavy (non-hydrogen) atoms. The maximum absolute atomic E-state index is 6.41. The normalized spacial score (nSPS) is 13.1. The summed E-state index contributed by atoms with van der Waals surface area (Å²) in [4.78, 5) is 0. The summed E-state index contributed by atoms with van der Waals surface area (Å²) in [7, 11) is -4.40. The Hall–Kier alpha value is -0.246. The molecule has 4 nitrogen and oxygen atoms in total. The molecule has 0 amide bonds. The Morgan fingerprint density at radius 2 is 0.833 bits per heavy atom. The maximum atomic E-state index is 6.41. The summed E-state index contributed by atoms with van der Waals surface area (Å²) in [5, 5.41) is 0. The quantitative estimate of drug-likeness (QED) is 0.101. The molecule has 178 valence electrons. The highest BCUT2D eigenvalue weighted by molar-refractivity contribution is 6.68. The molecule has 0 N–H and O–H groups in total. The first-order valence-electron chi connectivity index (χ1n) is 12.4. The third kappa shape index (κ3) is 13.2. The summed E-state index contributed by atoms with van der Waals surface area (Å²) in [5.74, 6) is 0. The molecule has 6 heteroatoms. The standard InChI is InChI=1S/C24H50O4Si2/c1-7-13-21-29(25-17-9-3,26-18-10-4)23-15-16-24-30(22-14-8-2,27-19-11-5)28-20-12-6/h7-8,13-14H,9-12,15-24H2,1-6H3. The predicted octanol–water partition coefficient (Wildman–Crippen LogP) is 7.51. The van der Waals surface area contributed by atoms with E-state index >= 15 is 0 Å². The van der Waals surface area contributed by atoms with E-state index in [0.29, 0.717) is 0 Å². The Morgan fingerprint density at radius 3 is 1.07 bits per heavy atom. The van der Waals surface area contributed by atoms with Crippen molar-refractivity contribution in [1.29, 1.82) is 0 Å². The van der Waals surface area contributed by atoms with Gasteiger partial charge in [0.05, 0.1) is 0 Å². The van der Waals surface area contributed by atoms with Gasteiger partial charge in [-0.15, -0.1) is 0 Å². The van der Waals surface area contributed by atoms with E-state index in [4.69, 9.17) is 17.7 Å². The van der Waals surface area contributed by atoms with Gasteiger partial charge in [-0.2, -0.15) is 0 Å². The second kappa shape index (κ2) is 19.4. The minimum Gasteiger partial charge on any atom is -0.394 e. The van der Waals surface area contributed by atoms with Gasteiger partial charge in [0.2, 0.25) is 0 Å². The van der Waals surface area contributed by atoms with Gasteiger partial charge in [0.15, 0.2) is 0 Å². The van der Waals surface area contributed by atoms with Crippen LogP contribution in [0.4, 0.5) is 0 Å². The van der Waals surface area contributed by atoms with Gasteiger partial charge in [0.1, 0.15) is 0 Å². The van der Waals surface area contributed by atoms with Crippen LogP contribution in [0.25, 0.3) is 0 Å². The zero-order valence-corrected chi connectivity index (χ0v) is 22.8. The Kier molecular flexibility index (Phi) is 19.3. The molecule has 0 aliphatic heterocycles. The average molecular weight is 459 g/mol. The van der Waals surface area contributed by atoms with E-state index in [9.17, 15) is 0 Å². The van der Waals surface area contributed by atoms with Crippen LogP contribution in [0, 0.1) is 0 Å². The molecule has 0 aromatic heterocycles. The highest BCUT2D eigenvalue weighted by atomic mass is 28.4. The van der Waals surface area contributed by atoms with E-state index in [2.05, 4.69) is 65.8 Å². The van der Waals surface area contributed by atoms with Gasteiger partial charge >= 0.3 is 17.1 Å². The summed E-state index contributed by atoms with van der Waals surface area (Å²) in [6.45, 7) is 16.0. The van der Waals surface area contributed by atoms with E-state index in [1.807, 2.05) is 0 Å². The van der Waals surface area contributed by atoms with Crippen molar-refractivity contribution in [2.24, 2.45) is 0 Å². The lowest BCUT2D eigenvalue weighted by Gasteiger charge is -2.32. The van der Waals surface area contributed by atoms with E-state index in [1.54, 1.807) is 0 Å². The molecule has 0 saturated carbocycles. The Balaban J connectivity index is 5.11. The van der Waals surface area contributed by atoms with Crippen molar-refractivity contribution < 1.29 is 17.7 Å². The van der Waals surface area contributed by atoms with Gasteiger partial charge in [-0.25, -0.2) is 0 Å². The first-order chi connectivity index (χ1) is 14.6. The molecule has 0 aromatic carbocycles. The van der Waals surface area contributed by atoms with Crippen molar-refractivity contribution in [2.45, 2.75) is 104 Å². The lowest BCUT2D eigenvalue weighted by atomic mass is 10.4. The van der Waals surface area contributed by atoms with Crippen LogP contribution < -0.4 is 0 Å². The Morgan fingerprint density at radius 1 is 0.533 bits per heavy atom. The molecule has 0 aliphatic rings. The first-order valence-corrected chi connectivity index (χ1v) is 16.8. The maximum Gasteiger partial charge on any atom is 0.342 e. The molecule has 0 radical (unpaired) electrons. The van der Waals surface area contributed by atoms with Crippen LogP contribution >= 0.6 is 0 Å². The van der Waals surface area contributed by atoms with Crippen LogP contribution in [-0.4, -0.2) is 43.5 Å². The van der Waals surface area contributed by atoms with Crippen LogP contribution in [0.1, 0.15) is 80.1 Å². The number of unbranched alkanes of at least 4 members (excludes halogenated alkanes) is 1. The van der Waals surface area contributed by atoms with Crippen molar-refractivity contribution in [3.63, 3.8) is 0 Å². The van der Waals surface area contributed by atoms with Crippen molar-refractivity contribution >= 4 is 17.1 Å². The zero-order chi connectivity index (χ0) is 22.6. The van der Waals surface area contributed by atoms with Gasteiger partial charge in [-0.1, -0.05) is 64.8 Å². The minimum atomic E-state index is -2.20. The molecule has 0 bridgehead atoms. The van der Waals surface area contributed by atoms with Crippen LogP contribution in [0.15, 0.2) is 24.3 Å². The fourth-order valence-corrected chi connectivity index (χ4v) is 10.0. The fourth-order valence-electron chi connectivity index (χ4n) is 3.35. The number of rotatable bonds is 21. The van der Waals surface area contributed by atoms with Crippen molar-refractivity contribution in [1.82, 2.24) is 0 Å². The Bertz CT molecular complexity index is 385. The predicted molar refractivity (Wildman–Crippen MR) is 135 cm³/mol. The van der Waals surface area contributed by atoms with Crippen LogP contribution in [0.5, 0.6) is 0 Å². The van der Waals surface area contributed by atoms with Gasteiger partial charge in [-0.05, 0) is 51.6 Å². The average Bonchev–Trinajstić information content (AvgIpc) is 2.77. The minimum absolute atomic E-state index is 0.798. The fraction of sp³-hybridized carbons (Fsp3) is 0.833. The highest BCUT2D eigenvalue weighted by Gasteiger charge is 2.38. The molecule has 0 aromatic rings. The molecule has 0 heterocycles. The summed E-state index contributed by atoms with van der Waals surface area (Å²) in [5.41, 5.74) is 0. The molecular weight excluding hydrogens is 408 g/mol. The van der Waals surface area contributed by atoms with Crippen LogP contribution in [-0.2, 0) is 17.7 Å². The molecule has 0 fully saturated rings. The van der Waals surface area contributed by atoms with Crippen LogP contribution in [0.3, 0.4) is 0 Å². The molecule has 0 spiro atoms. The van der Waals surface area contributed by atoms with Gasteiger partial charge in [-0.3, -0.25) is 0 Å². The number of hydrogen-bond donors (Lipinski definition) is 0. The summed E-state index contributed by atoms with van der Waals surface area (Å²) in [6, 6.07) is 3.99. The van der Waals surface area contributed by atoms with E-state index in [0.717, 1.165) is 89.1 Å². The molecule has 0 atom stereocenters. The summed E-state index contributed by atoms with van der Waals surface area (Å²) >= 11 is 0. The topological polar surface area (TPSA) is 36.9 Å². The monoisotopic (exact) mass is 458 g/mol. The van der Waals surface area contributed by atoms with E-state index in [1.165, 1.54) is 0 Å². The van der Waals surface area contributed by atoms with Crippen molar-refractivity contribution in [2.75, 3.05) is 26.4 Å². The largest absolute Gasteiger partial charge is 0.394 e. The third-order valence-corrected chi connectivity index (χ3v) is 11.8. The van der Waals surface area contributed by atoms with Crippen LogP contribution in [0.2, 0.25) is 24.2 Å². The van der Waals surface area contributed by atoms with Gasteiger partial charge in [0.25, 0.3) is 0 Å². The number of allylic oxidation sites excluding steroid dienone is 4. The lowest BCUT2D eigenvalue weighted by Crippen LogP contribution is -2.43. The van der Waals surface area contributed by atoms with Gasteiger partial charge in [0, 0.05) is 38.5 Å². The summed E-state index contributed by atoms with van der Waals surface area (Å²) < 4.78 is 25.7. The third-order valence-electron chi connectivity index (χ3n) is 4.97. The Labute approximate surface area is 189 Å². The SMILES string of the molecule is CC=CC[Si](CCCC[Si](CC=CC)(OCCC)OCCC)(OCCC)OCCC. The molecule has 0 unspecified atom stereocenters.